The van der Waals surface area contributed by atoms with Crippen molar-refractivity contribution < 1.29 is 9.84 Å². The van der Waals surface area contributed by atoms with Crippen LogP contribution < -0.4 is 4.90 Å². The predicted octanol–water partition coefficient (Wildman–Crippen LogP) is 3.29. The topological polar surface area (TPSA) is 58.5 Å². The van der Waals surface area contributed by atoms with Gasteiger partial charge in [-0.25, -0.2) is 9.97 Å². The second-order valence-electron chi connectivity index (χ2n) is 6.08. The van der Waals surface area contributed by atoms with E-state index in [2.05, 4.69) is 9.88 Å². The maximum Gasteiger partial charge on any atom is 0.135 e. The number of morpholine rings is 1. The normalized spacial score (nSPS) is 21.4. The number of halogens is 1. The maximum absolute atomic E-state index is 9.66. The van der Waals surface area contributed by atoms with E-state index in [0.29, 0.717) is 24.2 Å². The molecule has 1 saturated carbocycles. The van der Waals surface area contributed by atoms with Crippen molar-refractivity contribution in [1.82, 2.24) is 9.97 Å². The highest BCUT2D eigenvalue weighted by Crippen LogP contribution is 2.39. The fourth-order valence-electron chi connectivity index (χ4n) is 2.89. The average molecular weight is 332 g/mol. The molecule has 1 N–H and O–H groups in total. The van der Waals surface area contributed by atoms with Gasteiger partial charge in [-0.15, -0.1) is 0 Å². The van der Waals surface area contributed by atoms with E-state index in [1.54, 1.807) is 12.1 Å². The summed E-state index contributed by atoms with van der Waals surface area (Å²) < 4.78 is 5.86. The summed E-state index contributed by atoms with van der Waals surface area (Å²) >= 11 is 6.17. The molecule has 4 rings (SSSR count). The number of rotatable bonds is 3. The molecule has 0 radical (unpaired) electrons. The van der Waals surface area contributed by atoms with Crippen LogP contribution in [0.1, 0.15) is 36.3 Å². The molecule has 1 saturated heterocycles. The van der Waals surface area contributed by atoms with Crippen LogP contribution in [0.25, 0.3) is 0 Å². The van der Waals surface area contributed by atoms with Crippen molar-refractivity contribution in [3.63, 3.8) is 0 Å². The zero-order valence-electron chi connectivity index (χ0n) is 12.7. The third-order valence-electron chi connectivity index (χ3n) is 4.27. The minimum Gasteiger partial charge on any atom is -0.508 e. The number of ether oxygens (including phenoxy) is 1. The molecule has 2 aliphatic rings. The summed E-state index contributed by atoms with van der Waals surface area (Å²) in [7, 11) is 0. The highest BCUT2D eigenvalue weighted by molar-refractivity contribution is 6.29. The Hall–Kier alpha value is -1.85. The molecule has 0 bridgehead atoms. The molecule has 1 aliphatic heterocycles. The van der Waals surface area contributed by atoms with Gasteiger partial charge in [0.05, 0.1) is 6.61 Å². The molecule has 2 heterocycles. The van der Waals surface area contributed by atoms with Crippen LogP contribution in [0.2, 0.25) is 5.15 Å². The number of hydrogen-bond donors (Lipinski definition) is 1. The van der Waals surface area contributed by atoms with Crippen molar-refractivity contribution in [2.75, 3.05) is 24.6 Å². The number of nitrogens with zero attached hydrogens (tertiary/aromatic N) is 3. The van der Waals surface area contributed by atoms with Gasteiger partial charge in [0.1, 0.15) is 28.6 Å². The second-order valence-corrected chi connectivity index (χ2v) is 6.47. The first kappa shape index (κ1) is 14.7. The van der Waals surface area contributed by atoms with Crippen LogP contribution in [0, 0.1) is 0 Å². The standard InChI is InChI=1S/C17H18ClN3O2/c18-15-9-16(20-17(19-15)11-4-5-11)21-6-7-23-14(10-21)12-2-1-3-13(22)8-12/h1-3,8-9,11,14,22H,4-7,10H2. The number of aromatic nitrogens is 2. The molecule has 1 aliphatic carbocycles. The SMILES string of the molecule is Oc1cccc(C2CN(c3cc(Cl)nc(C4CC4)n3)CCO2)c1. The second kappa shape index (κ2) is 5.98. The van der Waals surface area contributed by atoms with Crippen LogP contribution in [-0.4, -0.2) is 34.8 Å². The third kappa shape index (κ3) is 3.26. The summed E-state index contributed by atoms with van der Waals surface area (Å²) in [5.74, 6) is 2.44. The van der Waals surface area contributed by atoms with E-state index >= 15 is 0 Å². The van der Waals surface area contributed by atoms with Gasteiger partial charge in [0.15, 0.2) is 0 Å². The molecule has 1 atom stereocenters. The van der Waals surface area contributed by atoms with E-state index in [1.807, 2.05) is 18.2 Å². The van der Waals surface area contributed by atoms with Gasteiger partial charge in [0, 0.05) is 25.1 Å². The van der Waals surface area contributed by atoms with E-state index in [-0.39, 0.29) is 11.9 Å². The molecule has 0 spiro atoms. The average Bonchev–Trinajstić information content (AvgIpc) is 3.39. The van der Waals surface area contributed by atoms with Crippen LogP contribution in [0.5, 0.6) is 5.75 Å². The molecule has 5 nitrogen and oxygen atoms in total. The number of aromatic hydroxyl groups is 1. The number of phenols is 1. The van der Waals surface area contributed by atoms with Gasteiger partial charge >= 0.3 is 0 Å². The van der Waals surface area contributed by atoms with Crippen LogP contribution >= 0.6 is 11.6 Å². The first-order valence-corrected chi connectivity index (χ1v) is 8.27. The summed E-state index contributed by atoms with van der Waals surface area (Å²) in [5.41, 5.74) is 0.970. The van der Waals surface area contributed by atoms with Gasteiger partial charge in [-0.05, 0) is 30.5 Å². The molecule has 1 aromatic carbocycles. The molecule has 0 amide bonds. The van der Waals surface area contributed by atoms with Crippen LogP contribution in [-0.2, 0) is 4.74 Å². The Morgan fingerprint density at radius 2 is 2.09 bits per heavy atom. The number of anilines is 1. The molecule has 1 aromatic heterocycles. The molecule has 2 aromatic rings. The minimum atomic E-state index is -0.0889. The van der Waals surface area contributed by atoms with Crippen molar-refractivity contribution in [3.05, 3.63) is 46.9 Å². The molecule has 23 heavy (non-hydrogen) atoms. The first-order chi connectivity index (χ1) is 11.2. The van der Waals surface area contributed by atoms with Gasteiger partial charge < -0.3 is 14.7 Å². The van der Waals surface area contributed by atoms with Crippen LogP contribution in [0.3, 0.4) is 0 Å². The monoisotopic (exact) mass is 331 g/mol. The molecule has 2 fully saturated rings. The fourth-order valence-corrected chi connectivity index (χ4v) is 3.08. The van der Waals surface area contributed by atoms with E-state index in [9.17, 15) is 5.11 Å². The van der Waals surface area contributed by atoms with Crippen molar-refractivity contribution >= 4 is 17.4 Å². The van der Waals surface area contributed by atoms with Gasteiger partial charge in [-0.3, -0.25) is 0 Å². The Kier molecular flexibility index (Phi) is 3.83. The molecule has 120 valence electrons. The first-order valence-electron chi connectivity index (χ1n) is 7.89. The summed E-state index contributed by atoms with van der Waals surface area (Å²) in [6, 6.07) is 9.03. The van der Waals surface area contributed by atoms with Crippen LogP contribution in [0.4, 0.5) is 5.82 Å². The molecular formula is C17H18ClN3O2. The van der Waals surface area contributed by atoms with Gasteiger partial charge in [-0.2, -0.15) is 0 Å². The summed E-state index contributed by atoms with van der Waals surface area (Å²) in [4.78, 5) is 11.2. The highest BCUT2D eigenvalue weighted by Gasteiger charge is 2.29. The summed E-state index contributed by atoms with van der Waals surface area (Å²) in [5, 5.41) is 10.2. The van der Waals surface area contributed by atoms with Gasteiger partial charge in [0.25, 0.3) is 0 Å². The van der Waals surface area contributed by atoms with Gasteiger partial charge in [0.2, 0.25) is 0 Å². The predicted molar refractivity (Wildman–Crippen MR) is 88.0 cm³/mol. The Morgan fingerprint density at radius 3 is 2.87 bits per heavy atom. The summed E-state index contributed by atoms with van der Waals surface area (Å²) in [6.45, 7) is 2.06. The third-order valence-corrected chi connectivity index (χ3v) is 4.47. The Morgan fingerprint density at radius 1 is 1.22 bits per heavy atom. The lowest BCUT2D eigenvalue weighted by Gasteiger charge is -2.34. The molecular weight excluding hydrogens is 314 g/mol. The lowest BCUT2D eigenvalue weighted by Crippen LogP contribution is -2.39. The number of benzene rings is 1. The lowest BCUT2D eigenvalue weighted by molar-refractivity contribution is 0.0394. The smallest absolute Gasteiger partial charge is 0.135 e. The maximum atomic E-state index is 9.66. The largest absolute Gasteiger partial charge is 0.508 e. The van der Waals surface area contributed by atoms with E-state index in [4.69, 9.17) is 21.3 Å². The van der Waals surface area contributed by atoms with Crippen molar-refractivity contribution in [1.29, 1.82) is 0 Å². The Labute approximate surface area is 139 Å². The summed E-state index contributed by atoms with van der Waals surface area (Å²) in [6.07, 6.45) is 2.21. The quantitative estimate of drug-likeness (QED) is 0.875. The molecule has 1 unspecified atom stereocenters. The van der Waals surface area contributed by atoms with E-state index in [0.717, 1.165) is 36.6 Å². The highest BCUT2D eigenvalue weighted by atomic mass is 35.5. The zero-order chi connectivity index (χ0) is 15.8. The van der Waals surface area contributed by atoms with Crippen LogP contribution in [0.15, 0.2) is 30.3 Å². The van der Waals surface area contributed by atoms with Gasteiger partial charge in [-0.1, -0.05) is 23.7 Å². The van der Waals surface area contributed by atoms with Crippen molar-refractivity contribution in [2.45, 2.75) is 24.9 Å². The lowest BCUT2D eigenvalue weighted by atomic mass is 10.1. The zero-order valence-corrected chi connectivity index (χ0v) is 13.4. The fraction of sp³-hybridized carbons (Fsp3) is 0.412. The van der Waals surface area contributed by atoms with E-state index < -0.39 is 0 Å². The minimum absolute atomic E-state index is 0.0889. The van der Waals surface area contributed by atoms with E-state index in [1.165, 1.54) is 0 Å². The number of phenolic OH excluding ortho intramolecular Hbond substituents is 1. The molecule has 6 heteroatoms. The van der Waals surface area contributed by atoms with Crippen molar-refractivity contribution in [3.8, 4) is 5.75 Å². The Balaban J connectivity index is 1.57. The van der Waals surface area contributed by atoms with Crippen molar-refractivity contribution in [2.24, 2.45) is 0 Å². The Bertz CT molecular complexity index is 721. The number of hydrogen-bond acceptors (Lipinski definition) is 5.